The molecule has 1 atom stereocenters. The number of benzene rings is 1. The summed E-state index contributed by atoms with van der Waals surface area (Å²) < 4.78 is 0. The van der Waals surface area contributed by atoms with E-state index in [1.807, 2.05) is 18.2 Å². The quantitative estimate of drug-likeness (QED) is 0.845. The second-order valence-electron chi connectivity index (χ2n) is 5.67. The normalized spacial score (nSPS) is 16.8. The van der Waals surface area contributed by atoms with Crippen molar-refractivity contribution in [3.8, 4) is 0 Å². The van der Waals surface area contributed by atoms with Crippen LogP contribution in [-0.2, 0) is 4.79 Å². The average molecular weight is 311 g/mol. The van der Waals surface area contributed by atoms with Gasteiger partial charge >= 0.3 is 0 Å². The first-order valence-electron chi connectivity index (χ1n) is 7.84. The van der Waals surface area contributed by atoms with Gasteiger partial charge in [0.15, 0.2) is 0 Å². The average Bonchev–Trinajstić information content (AvgIpc) is 2.52. The van der Waals surface area contributed by atoms with Gasteiger partial charge in [-0.2, -0.15) is 0 Å². The molecule has 0 bridgehead atoms. The van der Waals surface area contributed by atoms with E-state index in [0.29, 0.717) is 6.42 Å². The van der Waals surface area contributed by atoms with Crippen LogP contribution in [0.3, 0.4) is 0 Å². The van der Waals surface area contributed by atoms with Crippen molar-refractivity contribution >= 4 is 18.3 Å². The molecule has 1 aromatic carbocycles. The monoisotopic (exact) mass is 310 g/mol. The van der Waals surface area contributed by atoms with Gasteiger partial charge in [-0.15, -0.1) is 12.4 Å². The zero-order valence-corrected chi connectivity index (χ0v) is 13.6. The first-order valence-corrected chi connectivity index (χ1v) is 7.84. The Bertz CT molecular complexity index is 405. The molecule has 0 aliphatic carbocycles. The van der Waals surface area contributed by atoms with Gasteiger partial charge in [-0.25, -0.2) is 0 Å². The summed E-state index contributed by atoms with van der Waals surface area (Å²) in [6.07, 6.45) is 5.04. The number of rotatable bonds is 6. The van der Waals surface area contributed by atoms with Gasteiger partial charge in [0.1, 0.15) is 0 Å². The number of hydrogen-bond acceptors (Lipinski definition) is 2. The highest BCUT2D eigenvalue weighted by molar-refractivity contribution is 5.85. The summed E-state index contributed by atoms with van der Waals surface area (Å²) in [7, 11) is 0. The molecule has 1 unspecified atom stereocenters. The molecule has 1 aromatic rings. The maximum absolute atomic E-state index is 12.1. The molecule has 2 N–H and O–H groups in total. The molecule has 1 fully saturated rings. The second-order valence-corrected chi connectivity index (χ2v) is 5.67. The maximum Gasteiger partial charge on any atom is 0.220 e. The van der Waals surface area contributed by atoms with Crippen molar-refractivity contribution in [2.24, 2.45) is 5.92 Å². The zero-order chi connectivity index (χ0) is 14.2. The standard InChI is InChI=1S/C17H26N2O.ClH/c1-2-16(15-6-4-3-5-7-15)19-17(20)9-8-14-10-12-18-13-11-14;/h3-7,14,16,18H,2,8-13H2,1H3,(H,19,20);1H. The van der Waals surface area contributed by atoms with Gasteiger partial charge in [-0.1, -0.05) is 37.3 Å². The molecular weight excluding hydrogens is 284 g/mol. The minimum absolute atomic E-state index is 0. The third kappa shape index (κ3) is 6.06. The van der Waals surface area contributed by atoms with E-state index in [1.54, 1.807) is 0 Å². The van der Waals surface area contributed by atoms with Crippen LogP contribution in [0.1, 0.15) is 50.6 Å². The van der Waals surface area contributed by atoms with Crippen LogP contribution in [0, 0.1) is 5.92 Å². The van der Waals surface area contributed by atoms with Gasteiger partial charge in [0.25, 0.3) is 0 Å². The smallest absolute Gasteiger partial charge is 0.220 e. The van der Waals surface area contributed by atoms with Crippen LogP contribution in [-0.4, -0.2) is 19.0 Å². The van der Waals surface area contributed by atoms with Crippen LogP contribution in [0.2, 0.25) is 0 Å². The van der Waals surface area contributed by atoms with Gasteiger partial charge in [0.2, 0.25) is 5.91 Å². The highest BCUT2D eigenvalue weighted by Gasteiger charge is 2.16. The number of carbonyl (C=O) groups is 1. The number of carbonyl (C=O) groups excluding carboxylic acids is 1. The Morgan fingerprint density at radius 2 is 1.95 bits per heavy atom. The number of piperidine rings is 1. The van der Waals surface area contributed by atoms with Gasteiger partial charge < -0.3 is 10.6 Å². The molecule has 1 aliphatic heterocycles. The molecule has 1 amide bonds. The molecule has 2 rings (SSSR count). The van der Waals surface area contributed by atoms with Crippen molar-refractivity contribution in [3.05, 3.63) is 35.9 Å². The van der Waals surface area contributed by atoms with Crippen molar-refractivity contribution in [3.63, 3.8) is 0 Å². The van der Waals surface area contributed by atoms with Crippen LogP contribution < -0.4 is 10.6 Å². The lowest BCUT2D eigenvalue weighted by molar-refractivity contribution is -0.122. The fourth-order valence-electron chi connectivity index (χ4n) is 2.88. The molecule has 0 radical (unpaired) electrons. The highest BCUT2D eigenvalue weighted by atomic mass is 35.5. The molecule has 0 spiro atoms. The molecule has 0 saturated carbocycles. The molecule has 1 heterocycles. The van der Waals surface area contributed by atoms with Crippen LogP contribution in [0.15, 0.2) is 30.3 Å². The minimum atomic E-state index is 0. The number of amides is 1. The zero-order valence-electron chi connectivity index (χ0n) is 12.8. The van der Waals surface area contributed by atoms with Crippen molar-refractivity contribution in [1.82, 2.24) is 10.6 Å². The maximum atomic E-state index is 12.1. The summed E-state index contributed by atoms with van der Waals surface area (Å²) in [5.74, 6) is 0.915. The molecule has 1 saturated heterocycles. The number of nitrogens with one attached hydrogen (secondary N) is 2. The van der Waals surface area contributed by atoms with E-state index in [-0.39, 0.29) is 24.4 Å². The Morgan fingerprint density at radius 3 is 2.57 bits per heavy atom. The minimum Gasteiger partial charge on any atom is -0.349 e. The van der Waals surface area contributed by atoms with E-state index in [4.69, 9.17) is 0 Å². The van der Waals surface area contributed by atoms with E-state index in [0.717, 1.165) is 31.8 Å². The van der Waals surface area contributed by atoms with E-state index >= 15 is 0 Å². The third-order valence-electron chi connectivity index (χ3n) is 4.18. The van der Waals surface area contributed by atoms with E-state index < -0.39 is 0 Å². The largest absolute Gasteiger partial charge is 0.349 e. The van der Waals surface area contributed by atoms with Crippen LogP contribution in [0.5, 0.6) is 0 Å². The summed E-state index contributed by atoms with van der Waals surface area (Å²) in [5.41, 5.74) is 1.20. The molecule has 3 nitrogen and oxygen atoms in total. The Balaban J connectivity index is 0.00000220. The molecule has 0 aromatic heterocycles. The fourth-order valence-corrected chi connectivity index (χ4v) is 2.88. The predicted molar refractivity (Wildman–Crippen MR) is 89.7 cm³/mol. The van der Waals surface area contributed by atoms with E-state index in [9.17, 15) is 4.79 Å². The van der Waals surface area contributed by atoms with E-state index in [2.05, 4.69) is 29.7 Å². The second kappa shape index (κ2) is 9.80. The fraction of sp³-hybridized carbons (Fsp3) is 0.588. The van der Waals surface area contributed by atoms with Gasteiger partial charge in [-0.05, 0) is 50.3 Å². The number of hydrogen-bond donors (Lipinski definition) is 2. The van der Waals surface area contributed by atoms with Gasteiger partial charge in [-0.3, -0.25) is 4.79 Å². The Labute approximate surface area is 134 Å². The van der Waals surface area contributed by atoms with Gasteiger partial charge in [0.05, 0.1) is 6.04 Å². The summed E-state index contributed by atoms with van der Waals surface area (Å²) in [5, 5.41) is 6.53. The lowest BCUT2D eigenvalue weighted by atomic mass is 9.93. The first-order chi connectivity index (χ1) is 9.79. The molecule has 1 aliphatic rings. The Hall–Kier alpha value is -1.06. The van der Waals surface area contributed by atoms with Crippen LogP contribution >= 0.6 is 12.4 Å². The highest BCUT2D eigenvalue weighted by Crippen LogP contribution is 2.19. The summed E-state index contributed by atoms with van der Waals surface area (Å²) in [4.78, 5) is 12.1. The van der Waals surface area contributed by atoms with Crippen molar-refractivity contribution in [2.45, 2.75) is 45.1 Å². The molecular formula is C17H27ClN2O. The van der Waals surface area contributed by atoms with Gasteiger partial charge in [0, 0.05) is 6.42 Å². The Morgan fingerprint density at radius 1 is 1.29 bits per heavy atom. The lowest BCUT2D eigenvalue weighted by Gasteiger charge is -2.23. The van der Waals surface area contributed by atoms with Crippen molar-refractivity contribution in [1.29, 1.82) is 0 Å². The van der Waals surface area contributed by atoms with Crippen molar-refractivity contribution in [2.75, 3.05) is 13.1 Å². The first kappa shape index (κ1) is 18.0. The topological polar surface area (TPSA) is 41.1 Å². The summed E-state index contributed by atoms with van der Waals surface area (Å²) in [6, 6.07) is 10.4. The van der Waals surface area contributed by atoms with Crippen LogP contribution in [0.4, 0.5) is 0 Å². The summed E-state index contributed by atoms with van der Waals surface area (Å²) >= 11 is 0. The molecule has 4 heteroatoms. The Kier molecular flexibility index (Phi) is 8.40. The third-order valence-corrected chi connectivity index (χ3v) is 4.18. The van der Waals surface area contributed by atoms with Crippen molar-refractivity contribution < 1.29 is 4.79 Å². The SMILES string of the molecule is CCC(NC(=O)CCC1CCNCC1)c1ccccc1.Cl. The van der Waals surface area contributed by atoms with E-state index in [1.165, 1.54) is 18.4 Å². The summed E-state index contributed by atoms with van der Waals surface area (Å²) in [6.45, 7) is 4.33. The number of halogens is 1. The molecule has 118 valence electrons. The predicted octanol–water partition coefficient (Wildman–Crippen LogP) is 3.46. The van der Waals surface area contributed by atoms with Crippen LogP contribution in [0.25, 0.3) is 0 Å². The molecule has 21 heavy (non-hydrogen) atoms. The lowest BCUT2D eigenvalue weighted by Crippen LogP contribution is -2.31.